The van der Waals surface area contributed by atoms with E-state index in [-0.39, 0.29) is 24.2 Å². The van der Waals surface area contributed by atoms with Crippen LogP contribution < -0.4 is 5.32 Å². The van der Waals surface area contributed by atoms with Crippen LogP contribution in [0.15, 0.2) is 30.5 Å². The molecule has 2 heterocycles. The van der Waals surface area contributed by atoms with E-state index in [0.717, 1.165) is 18.4 Å². The van der Waals surface area contributed by atoms with E-state index in [1.807, 2.05) is 0 Å². The summed E-state index contributed by atoms with van der Waals surface area (Å²) in [6.07, 6.45) is 2.99. The summed E-state index contributed by atoms with van der Waals surface area (Å²) in [7, 11) is -0.460. The molecule has 0 radical (unpaired) electrons. The largest absolute Gasteiger partial charge is 0.348 e. The molecule has 30 heavy (non-hydrogen) atoms. The lowest BCUT2D eigenvalue weighted by Gasteiger charge is -2.32. The Labute approximate surface area is 176 Å². The van der Waals surface area contributed by atoms with Crippen molar-refractivity contribution in [2.24, 2.45) is 0 Å². The number of piperidine rings is 1. The molecule has 2 aromatic rings. The second-order valence-electron chi connectivity index (χ2n) is 7.52. The van der Waals surface area contributed by atoms with Gasteiger partial charge in [-0.15, -0.1) is 0 Å². The molecule has 0 spiro atoms. The van der Waals surface area contributed by atoms with Crippen LogP contribution in [0.2, 0.25) is 0 Å². The van der Waals surface area contributed by atoms with E-state index in [9.17, 15) is 17.6 Å². The highest BCUT2D eigenvalue weighted by Gasteiger charge is 2.32. The molecule has 0 saturated carbocycles. The summed E-state index contributed by atoms with van der Waals surface area (Å²) >= 11 is 0. The van der Waals surface area contributed by atoms with Crippen molar-refractivity contribution < 1.29 is 17.6 Å². The number of aromatic nitrogens is 2. The van der Waals surface area contributed by atoms with Crippen LogP contribution >= 0.6 is 0 Å². The number of amides is 1. The number of carbonyl (C=O) groups is 1. The first kappa shape index (κ1) is 22.3. The van der Waals surface area contributed by atoms with Crippen molar-refractivity contribution in [3.05, 3.63) is 58.9 Å². The predicted molar refractivity (Wildman–Crippen MR) is 110 cm³/mol. The number of halogens is 1. The maximum Gasteiger partial charge on any atom is 0.281 e. The molecule has 8 nitrogen and oxygen atoms in total. The number of carbonyl (C=O) groups excluding carboxylic acids is 1. The van der Waals surface area contributed by atoms with Gasteiger partial charge in [0, 0.05) is 45.8 Å². The van der Waals surface area contributed by atoms with Crippen LogP contribution in [0.5, 0.6) is 0 Å². The molecular weight excluding hydrogens is 409 g/mol. The third kappa shape index (κ3) is 5.00. The Morgan fingerprint density at radius 2 is 2.00 bits per heavy atom. The maximum atomic E-state index is 13.0. The summed E-state index contributed by atoms with van der Waals surface area (Å²) in [6, 6.07) is 5.90. The number of nitrogens with zero attached hydrogens (tertiary/aromatic N) is 4. The van der Waals surface area contributed by atoms with Crippen LogP contribution in [-0.4, -0.2) is 60.1 Å². The van der Waals surface area contributed by atoms with Crippen LogP contribution in [0, 0.1) is 12.7 Å². The van der Waals surface area contributed by atoms with Crippen molar-refractivity contribution >= 4 is 16.1 Å². The number of hydrogen-bond acceptors (Lipinski definition) is 5. The molecule has 1 fully saturated rings. The fourth-order valence-electron chi connectivity index (χ4n) is 3.38. The minimum absolute atomic E-state index is 0.122. The molecule has 1 saturated heterocycles. The lowest BCUT2D eigenvalue weighted by atomic mass is 9.98. The van der Waals surface area contributed by atoms with Gasteiger partial charge < -0.3 is 5.32 Å². The van der Waals surface area contributed by atoms with Crippen molar-refractivity contribution in [2.45, 2.75) is 32.2 Å². The van der Waals surface area contributed by atoms with Gasteiger partial charge in [0.25, 0.3) is 16.1 Å². The summed E-state index contributed by atoms with van der Waals surface area (Å²) in [5, 5.41) is 2.78. The predicted octanol–water partition coefficient (Wildman–Crippen LogP) is 1.84. The van der Waals surface area contributed by atoms with Crippen LogP contribution in [0.1, 0.15) is 46.2 Å². The normalized spacial score (nSPS) is 17.8. The molecule has 3 rings (SSSR count). The zero-order valence-corrected chi connectivity index (χ0v) is 18.1. The average molecular weight is 436 g/mol. The molecule has 1 atom stereocenters. The lowest BCUT2D eigenvalue weighted by molar-refractivity contribution is 0.0949. The number of rotatable bonds is 6. The zero-order valence-electron chi connectivity index (χ0n) is 17.3. The highest BCUT2D eigenvalue weighted by atomic mass is 32.2. The summed E-state index contributed by atoms with van der Waals surface area (Å²) in [6.45, 7) is 2.78. The second-order valence-corrected chi connectivity index (χ2v) is 9.67. The third-order valence-corrected chi connectivity index (χ3v) is 7.05. The fraction of sp³-hybridized carbons (Fsp3) is 0.450. The second kappa shape index (κ2) is 9.15. The van der Waals surface area contributed by atoms with E-state index in [4.69, 9.17) is 0 Å². The van der Waals surface area contributed by atoms with Crippen LogP contribution in [0.3, 0.4) is 0 Å². The maximum absolute atomic E-state index is 13.0. The number of hydrogen-bond donors (Lipinski definition) is 1. The molecule has 1 amide bonds. The van der Waals surface area contributed by atoms with Crippen LogP contribution in [-0.2, 0) is 16.8 Å². The fourth-order valence-corrected chi connectivity index (χ4v) is 4.57. The smallest absolute Gasteiger partial charge is 0.281 e. The van der Waals surface area contributed by atoms with Gasteiger partial charge in [0.1, 0.15) is 11.6 Å². The van der Waals surface area contributed by atoms with E-state index < -0.39 is 10.2 Å². The first-order valence-corrected chi connectivity index (χ1v) is 11.1. The SMILES string of the molecule is Cc1nc([C@@H]2CCCN(S(=O)(=O)N(C)C)C2)ncc1C(=O)NCc1ccc(F)cc1. The highest BCUT2D eigenvalue weighted by molar-refractivity contribution is 7.86. The highest BCUT2D eigenvalue weighted by Crippen LogP contribution is 2.27. The average Bonchev–Trinajstić information content (AvgIpc) is 2.73. The Balaban J connectivity index is 1.68. The summed E-state index contributed by atoms with van der Waals surface area (Å²) < 4.78 is 40.5. The zero-order chi connectivity index (χ0) is 21.9. The van der Waals surface area contributed by atoms with Crippen LogP contribution in [0.25, 0.3) is 0 Å². The van der Waals surface area contributed by atoms with Crippen molar-refractivity contribution in [2.75, 3.05) is 27.2 Å². The van der Waals surface area contributed by atoms with Crippen LogP contribution in [0.4, 0.5) is 4.39 Å². The van der Waals surface area contributed by atoms with E-state index in [2.05, 4.69) is 15.3 Å². The van der Waals surface area contributed by atoms with E-state index in [0.29, 0.717) is 30.2 Å². The molecule has 1 aromatic heterocycles. The van der Waals surface area contributed by atoms with Gasteiger partial charge in [-0.25, -0.2) is 14.4 Å². The molecule has 10 heteroatoms. The van der Waals surface area contributed by atoms with Gasteiger partial charge in [-0.1, -0.05) is 12.1 Å². The van der Waals surface area contributed by atoms with Gasteiger partial charge in [-0.3, -0.25) is 4.79 Å². The standard InChI is InChI=1S/C20H26FN5O3S/c1-14-18(20(27)23-11-15-6-8-17(21)9-7-15)12-22-19(24-14)16-5-4-10-26(13-16)30(28,29)25(2)3/h6-9,12,16H,4-5,10-11,13H2,1-3H3,(H,23,27)/t16-/m1/s1. The Bertz CT molecular complexity index is 1010. The number of nitrogens with one attached hydrogen (secondary N) is 1. The Morgan fingerprint density at radius 1 is 1.30 bits per heavy atom. The quantitative estimate of drug-likeness (QED) is 0.747. The van der Waals surface area contributed by atoms with Crippen molar-refractivity contribution in [1.29, 1.82) is 0 Å². The molecular formula is C20H26FN5O3S. The van der Waals surface area contributed by atoms with Gasteiger partial charge in [0.15, 0.2) is 0 Å². The molecule has 1 aromatic carbocycles. The van der Waals surface area contributed by atoms with E-state index in [1.54, 1.807) is 19.1 Å². The Morgan fingerprint density at radius 3 is 2.63 bits per heavy atom. The first-order chi connectivity index (χ1) is 14.2. The third-order valence-electron chi connectivity index (χ3n) is 5.15. The molecule has 1 N–H and O–H groups in total. The van der Waals surface area contributed by atoms with Crippen molar-refractivity contribution in [3.8, 4) is 0 Å². The monoisotopic (exact) mass is 435 g/mol. The minimum Gasteiger partial charge on any atom is -0.348 e. The summed E-state index contributed by atoms with van der Waals surface area (Å²) in [4.78, 5) is 21.3. The summed E-state index contributed by atoms with van der Waals surface area (Å²) in [5.74, 6) is -0.224. The van der Waals surface area contributed by atoms with Gasteiger partial charge >= 0.3 is 0 Å². The van der Waals surface area contributed by atoms with E-state index in [1.165, 1.54) is 41.0 Å². The topological polar surface area (TPSA) is 95.5 Å². The molecule has 0 aliphatic carbocycles. The van der Waals surface area contributed by atoms with Gasteiger partial charge in [0.05, 0.1) is 11.3 Å². The van der Waals surface area contributed by atoms with Crippen molar-refractivity contribution in [3.63, 3.8) is 0 Å². The Kier molecular flexibility index (Phi) is 6.79. The van der Waals surface area contributed by atoms with E-state index >= 15 is 0 Å². The molecule has 1 aliphatic heterocycles. The first-order valence-electron chi connectivity index (χ1n) is 9.72. The molecule has 1 aliphatic rings. The van der Waals surface area contributed by atoms with Gasteiger partial charge in [-0.05, 0) is 37.5 Å². The number of aryl methyl sites for hydroxylation is 1. The molecule has 0 unspecified atom stereocenters. The number of benzene rings is 1. The molecule has 0 bridgehead atoms. The van der Waals surface area contributed by atoms with Crippen molar-refractivity contribution in [1.82, 2.24) is 23.9 Å². The summed E-state index contributed by atoms with van der Waals surface area (Å²) in [5.41, 5.74) is 1.67. The lowest BCUT2D eigenvalue weighted by Crippen LogP contribution is -2.45. The van der Waals surface area contributed by atoms with Gasteiger partial charge in [0.2, 0.25) is 0 Å². The molecule has 162 valence electrons. The Hall–Kier alpha value is -2.43. The van der Waals surface area contributed by atoms with Gasteiger partial charge in [-0.2, -0.15) is 17.0 Å². The minimum atomic E-state index is -3.49.